The van der Waals surface area contributed by atoms with Gasteiger partial charge in [-0.3, -0.25) is 14.2 Å². The standard InChI is InChI=1S/C16H11ClFN3O2/c17-10-5-6-12(18)14(7-10)20-15(22)8-21-9-19-13-4-2-1-3-11(13)16(21)23/h1-7,9H,8H2,(H,20,22). The molecule has 0 saturated heterocycles. The second kappa shape index (κ2) is 6.18. The topological polar surface area (TPSA) is 64.0 Å². The van der Waals surface area contributed by atoms with Crippen LogP contribution in [0.3, 0.4) is 0 Å². The fraction of sp³-hybridized carbons (Fsp3) is 0.0625. The van der Waals surface area contributed by atoms with Crippen LogP contribution in [-0.2, 0) is 11.3 Å². The van der Waals surface area contributed by atoms with Gasteiger partial charge in [0.15, 0.2) is 0 Å². The second-order valence-electron chi connectivity index (χ2n) is 4.87. The molecule has 0 aliphatic rings. The third-order valence-corrected chi connectivity index (χ3v) is 3.48. The highest BCUT2D eigenvalue weighted by molar-refractivity contribution is 6.30. The van der Waals surface area contributed by atoms with E-state index in [1.54, 1.807) is 24.3 Å². The normalized spacial score (nSPS) is 10.7. The number of carbonyl (C=O) groups is 1. The summed E-state index contributed by atoms with van der Waals surface area (Å²) in [6, 6.07) is 10.7. The lowest BCUT2D eigenvalue weighted by molar-refractivity contribution is -0.116. The van der Waals surface area contributed by atoms with E-state index < -0.39 is 11.7 Å². The first kappa shape index (κ1) is 15.2. The van der Waals surface area contributed by atoms with Gasteiger partial charge in [0.1, 0.15) is 12.4 Å². The second-order valence-corrected chi connectivity index (χ2v) is 5.30. The maximum atomic E-state index is 13.6. The van der Waals surface area contributed by atoms with Gasteiger partial charge < -0.3 is 5.32 Å². The molecule has 0 fully saturated rings. The number of halogens is 2. The van der Waals surface area contributed by atoms with E-state index in [4.69, 9.17) is 11.6 Å². The number of nitrogens with one attached hydrogen (secondary N) is 1. The van der Waals surface area contributed by atoms with E-state index in [2.05, 4.69) is 10.3 Å². The number of fused-ring (bicyclic) bond motifs is 1. The Bertz CT molecular complexity index is 955. The van der Waals surface area contributed by atoms with Crippen molar-refractivity contribution in [2.75, 3.05) is 5.32 Å². The number of carbonyl (C=O) groups excluding carboxylic acids is 1. The summed E-state index contributed by atoms with van der Waals surface area (Å²) >= 11 is 5.77. The minimum absolute atomic E-state index is 0.0377. The Kier molecular flexibility index (Phi) is 4.08. The van der Waals surface area contributed by atoms with Crippen LogP contribution >= 0.6 is 11.6 Å². The van der Waals surface area contributed by atoms with Gasteiger partial charge in [-0.1, -0.05) is 23.7 Å². The third-order valence-electron chi connectivity index (χ3n) is 3.25. The van der Waals surface area contributed by atoms with Crippen LogP contribution in [0, 0.1) is 5.82 Å². The molecule has 1 heterocycles. The van der Waals surface area contributed by atoms with Crippen molar-refractivity contribution < 1.29 is 9.18 Å². The zero-order valence-electron chi connectivity index (χ0n) is 11.8. The van der Waals surface area contributed by atoms with Crippen LogP contribution in [0.4, 0.5) is 10.1 Å². The van der Waals surface area contributed by atoms with Crippen LogP contribution < -0.4 is 10.9 Å². The summed E-state index contributed by atoms with van der Waals surface area (Å²) in [5, 5.41) is 3.10. The van der Waals surface area contributed by atoms with E-state index in [1.165, 1.54) is 23.0 Å². The minimum atomic E-state index is -0.605. The number of rotatable bonds is 3. The maximum absolute atomic E-state index is 13.6. The Morgan fingerprint density at radius 3 is 2.87 bits per heavy atom. The van der Waals surface area contributed by atoms with E-state index in [0.29, 0.717) is 15.9 Å². The van der Waals surface area contributed by atoms with Crippen LogP contribution in [0.15, 0.2) is 53.6 Å². The van der Waals surface area contributed by atoms with Crippen LogP contribution in [0.2, 0.25) is 5.02 Å². The molecule has 0 aliphatic carbocycles. The molecular formula is C16H11ClFN3O2. The number of para-hydroxylation sites is 1. The first-order chi connectivity index (χ1) is 11.0. The van der Waals surface area contributed by atoms with E-state index >= 15 is 0 Å². The van der Waals surface area contributed by atoms with Crippen molar-refractivity contribution in [2.24, 2.45) is 0 Å². The molecule has 0 atom stereocenters. The molecule has 3 rings (SSSR count). The lowest BCUT2D eigenvalue weighted by atomic mass is 10.2. The smallest absolute Gasteiger partial charge is 0.261 e. The molecule has 5 nitrogen and oxygen atoms in total. The molecule has 0 aliphatic heterocycles. The Hall–Kier alpha value is -2.73. The van der Waals surface area contributed by atoms with Gasteiger partial charge in [-0.05, 0) is 30.3 Å². The fourth-order valence-corrected chi connectivity index (χ4v) is 2.33. The molecule has 2 aromatic carbocycles. The van der Waals surface area contributed by atoms with Crippen LogP contribution in [0.25, 0.3) is 10.9 Å². The molecule has 0 unspecified atom stereocenters. The van der Waals surface area contributed by atoms with Crippen molar-refractivity contribution in [1.29, 1.82) is 0 Å². The molecule has 0 spiro atoms. The Morgan fingerprint density at radius 2 is 2.04 bits per heavy atom. The predicted octanol–water partition coefficient (Wildman–Crippen LogP) is 2.83. The first-order valence-electron chi connectivity index (χ1n) is 6.73. The predicted molar refractivity (Wildman–Crippen MR) is 86.0 cm³/mol. The summed E-state index contributed by atoms with van der Waals surface area (Å²) in [6.07, 6.45) is 1.29. The van der Waals surface area contributed by atoms with E-state index in [0.717, 1.165) is 6.07 Å². The molecule has 1 N–H and O–H groups in total. The van der Waals surface area contributed by atoms with Crippen molar-refractivity contribution in [3.63, 3.8) is 0 Å². The van der Waals surface area contributed by atoms with Gasteiger partial charge in [0, 0.05) is 5.02 Å². The third kappa shape index (κ3) is 3.22. The Balaban J connectivity index is 1.84. The molecule has 0 bridgehead atoms. The Morgan fingerprint density at radius 1 is 1.26 bits per heavy atom. The van der Waals surface area contributed by atoms with Crippen molar-refractivity contribution in [3.05, 3.63) is 70.0 Å². The van der Waals surface area contributed by atoms with Gasteiger partial charge in [-0.2, -0.15) is 0 Å². The number of amides is 1. The zero-order chi connectivity index (χ0) is 16.4. The van der Waals surface area contributed by atoms with E-state index in [1.807, 2.05) is 0 Å². The average Bonchev–Trinajstić information content (AvgIpc) is 2.54. The van der Waals surface area contributed by atoms with Crippen LogP contribution in [0.5, 0.6) is 0 Å². The molecule has 3 aromatic rings. The quantitative estimate of drug-likeness (QED) is 0.802. The number of aromatic nitrogens is 2. The number of anilines is 1. The highest BCUT2D eigenvalue weighted by Crippen LogP contribution is 2.19. The molecule has 1 aromatic heterocycles. The molecule has 0 saturated carbocycles. The summed E-state index contributed by atoms with van der Waals surface area (Å²) in [6.45, 7) is -0.275. The highest BCUT2D eigenvalue weighted by Gasteiger charge is 2.10. The first-order valence-corrected chi connectivity index (χ1v) is 7.11. The van der Waals surface area contributed by atoms with Gasteiger partial charge in [0.05, 0.1) is 22.9 Å². The highest BCUT2D eigenvalue weighted by atomic mass is 35.5. The summed E-state index contributed by atoms with van der Waals surface area (Å²) in [5.74, 6) is -1.16. The largest absolute Gasteiger partial charge is 0.322 e. The zero-order valence-corrected chi connectivity index (χ0v) is 12.5. The summed E-state index contributed by atoms with van der Waals surface area (Å²) < 4.78 is 14.8. The number of hydrogen-bond acceptors (Lipinski definition) is 3. The number of nitrogens with zero attached hydrogens (tertiary/aromatic N) is 2. The maximum Gasteiger partial charge on any atom is 0.261 e. The van der Waals surface area contributed by atoms with Gasteiger partial charge in [0.25, 0.3) is 5.56 Å². The summed E-state index contributed by atoms with van der Waals surface area (Å²) in [5.41, 5.74) is 0.177. The van der Waals surface area contributed by atoms with E-state index in [-0.39, 0.29) is 17.8 Å². The summed E-state index contributed by atoms with van der Waals surface area (Å²) in [7, 11) is 0. The van der Waals surface area contributed by atoms with Crippen molar-refractivity contribution in [1.82, 2.24) is 9.55 Å². The van der Waals surface area contributed by atoms with Crippen LogP contribution in [-0.4, -0.2) is 15.5 Å². The SMILES string of the molecule is O=C(Cn1cnc2ccccc2c1=O)Nc1cc(Cl)ccc1F. The van der Waals surface area contributed by atoms with Crippen molar-refractivity contribution in [3.8, 4) is 0 Å². The fourth-order valence-electron chi connectivity index (χ4n) is 2.16. The lowest BCUT2D eigenvalue weighted by Crippen LogP contribution is -2.28. The van der Waals surface area contributed by atoms with Gasteiger partial charge in [0.2, 0.25) is 5.91 Å². The molecule has 7 heteroatoms. The van der Waals surface area contributed by atoms with Crippen molar-refractivity contribution >= 4 is 34.1 Å². The summed E-state index contributed by atoms with van der Waals surface area (Å²) in [4.78, 5) is 28.4. The lowest BCUT2D eigenvalue weighted by Gasteiger charge is -2.09. The molecule has 1 amide bonds. The molecule has 116 valence electrons. The molecule has 0 radical (unpaired) electrons. The number of benzene rings is 2. The van der Waals surface area contributed by atoms with E-state index in [9.17, 15) is 14.0 Å². The Labute approximate surface area is 135 Å². The molecule has 23 heavy (non-hydrogen) atoms. The molecular weight excluding hydrogens is 321 g/mol. The van der Waals surface area contributed by atoms with Gasteiger partial charge in [-0.15, -0.1) is 0 Å². The average molecular weight is 332 g/mol. The van der Waals surface area contributed by atoms with Gasteiger partial charge in [-0.25, -0.2) is 9.37 Å². The van der Waals surface area contributed by atoms with Crippen LogP contribution in [0.1, 0.15) is 0 Å². The van der Waals surface area contributed by atoms with Crippen molar-refractivity contribution in [2.45, 2.75) is 6.54 Å². The number of hydrogen-bond donors (Lipinski definition) is 1. The minimum Gasteiger partial charge on any atom is -0.322 e. The monoisotopic (exact) mass is 331 g/mol. The van der Waals surface area contributed by atoms with Gasteiger partial charge >= 0.3 is 0 Å².